The van der Waals surface area contributed by atoms with Crippen LogP contribution in [-0.4, -0.2) is 20.6 Å². The minimum absolute atomic E-state index is 0.0216. The van der Waals surface area contributed by atoms with Crippen LogP contribution in [-0.2, 0) is 25.9 Å². The van der Waals surface area contributed by atoms with Crippen LogP contribution in [0.2, 0.25) is 0 Å². The first-order valence-electron chi connectivity index (χ1n) is 11.5. The Balaban J connectivity index is 1.23. The van der Waals surface area contributed by atoms with Crippen LogP contribution in [0.4, 0.5) is 4.39 Å². The van der Waals surface area contributed by atoms with Gasteiger partial charge in [-0.3, -0.25) is 14.3 Å². The molecule has 7 heteroatoms. The lowest BCUT2D eigenvalue weighted by molar-refractivity contribution is 0.462. The molecule has 6 rings (SSSR count). The first-order chi connectivity index (χ1) is 16.6. The highest BCUT2D eigenvalue weighted by molar-refractivity contribution is 7.18. The Hall–Kier alpha value is -3.42. The average Bonchev–Trinajstić information content (AvgIpc) is 3.24. The van der Waals surface area contributed by atoms with Crippen molar-refractivity contribution in [1.82, 2.24) is 19.9 Å². The summed E-state index contributed by atoms with van der Waals surface area (Å²) in [5.74, 6) is -0.216. The smallest absolute Gasteiger partial charge is 0.262 e. The van der Waals surface area contributed by atoms with Crippen molar-refractivity contribution in [2.75, 3.05) is 0 Å². The van der Waals surface area contributed by atoms with Crippen LogP contribution in [0.25, 0.3) is 21.1 Å². The molecule has 0 amide bonds. The Labute approximate surface area is 199 Å². The second-order valence-corrected chi connectivity index (χ2v) is 9.93. The predicted octanol–water partition coefficient (Wildman–Crippen LogP) is 4.84. The van der Waals surface area contributed by atoms with Gasteiger partial charge in [-0.05, 0) is 60.2 Å². The maximum absolute atomic E-state index is 13.4. The molecular formula is C27H23FN4OS. The summed E-state index contributed by atoms with van der Waals surface area (Å²) in [5.41, 5.74) is 4.17. The van der Waals surface area contributed by atoms with Gasteiger partial charge in [0.25, 0.3) is 5.56 Å². The predicted molar refractivity (Wildman–Crippen MR) is 134 cm³/mol. The summed E-state index contributed by atoms with van der Waals surface area (Å²) in [6.45, 7) is 1.15. The summed E-state index contributed by atoms with van der Waals surface area (Å²) in [4.78, 5) is 24.6. The third-order valence-electron chi connectivity index (χ3n) is 6.54. The monoisotopic (exact) mass is 470 g/mol. The summed E-state index contributed by atoms with van der Waals surface area (Å²) < 4.78 is 14.8. The SMILES string of the molecule is O=c1c2c3c(sc2ncn1Cc1cnc2ccccc2c1)CC(NCc1ccc(F)cc1)CC3. The lowest BCUT2D eigenvalue weighted by atomic mass is 9.93. The number of halogens is 1. The second kappa shape index (κ2) is 8.74. The van der Waals surface area contributed by atoms with Gasteiger partial charge in [0.1, 0.15) is 10.6 Å². The molecule has 0 radical (unpaired) electrons. The number of nitrogens with zero attached hydrogens (tertiary/aromatic N) is 3. The highest BCUT2D eigenvalue weighted by atomic mass is 32.1. The molecule has 1 N–H and O–H groups in total. The van der Waals surface area contributed by atoms with E-state index in [1.807, 2.05) is 42.6 Å². The first-order valence-corrected chi connectivity index (χ1v) is 12.3. The highest BCUT2D eigenvalue weighted by Gasteiger charge is 2.25. The van der Waals surface area contributed by atoms with Crippen molar-refractivity contribution in [3.63, 3.8) is 0 Å². The van der Waals surface area contributed by atoms with Gasteiger partial charge in [-0.25, -0.2) is 9.37 Å². The van der Waals surface area contributed by atoms with Gasteiger partial charge in [0.05, 0.1) is 23.8 Å². The molecule has 3 aromatic heterocycles. The van der Waals surface area contributed by atoms with Crippen molar-refractivity contribution >= 4 is 32.5 Å². The van der Waals surface area contributed by atoms with Gasteiger partial charge < -0.3 is 5.32 Å². The van der Waals surface area contributed by atoms with Gasteiger partial charge in [-0.2, -0.15) is 0 Å². The lowest BCUT2D eigenvalue weighted by Crippen LogP contribution is -2.33. The van der Waals surface area contributed by atoms with Crippen LogP contribution in [0, 0.1) is 5.82 Å². The molecule has 34 heavy (non-hydrogen) atoms. The van der Waals surface area contributed by atoms with Crippen molar-refractivity contribution in [3.8, 4) is 0 Å². The third-order valence-corrected chi connectivity index (χ3v) is 7.71. The van der Waals surface area contributed by atoms with E-state index < -0.39 is 0 Å². The van der Waals surface area contributed by atoms with Crippen LogP contribution in [0.3, 0.4) is 0 Å². The fourth-order valence-electron chi connectivity index (χ4n) is 4.75. The Morgan fingerprint density at radius 1 is 1.09 bits per heavy atom. The van der Waals surface area contributed by atoms with Crippen LogP contribution >= 0.6 is 11.3 Å². The number of aryl methyl sites for hydroxylation is 1. The van der Waals surface area contributed by atoms with Crippen LogP contribution in [0.1, 0.15) is 28.0 Å². The number of thiophene rings is 1. The van der Waals surface area contributed by atoms with Gasteiger partial charge in [-0.1, -0.05) is 30.3 Å². The standard InChI is InChI=1S/C27H23FN4OS/c28-20-7-5-17(6-8-20)13-29-21-9-10-22-24(12-21)34-26-25(22)27(33)32(16-31-26)15-18-11-19-3-1-2-4-23(19)30-14-18/h1-8,11,14,16,21,29H,9-10,12-13,15H2. The van der Waals surface area contributed by atoms with E-state index in [-0.39, 0.29) is 11.4 Å². The van der Waals surface area contributed by atoms with Crippen molar-refractivity contribution < 1.29 is 4.39 Å². The fourth-order valence-corrected chi connectivity index (χ4v) is 6.01. The van der Waals surface area contributed by atoms with Crippen LogP contribution in [0.15, 0.2) is 71.9 Å². The summed E-state index contributed by atoms with van der Waals surface area (Å²) in [6.07, 6.45) is 6.19. The van der Waals surface area contributed by atoms with Gasteiger partial charge >= 0.3 is 0 Å². The molecule has 1 unspecified atom stereocenters. The molecule has 2 aromatic carbocycles. The molecule has 0 saturated carbocycles. The second-order valence-electron chi connectivity index (χ2n) is 8.84. The van der Waals surface area contributed by atoms with E-state index in [0.717, 1.165) is 57.1 Å². The van der Waals surface area contributed by atoms with E-state index in [1.54, 1.807) is 22.2 Å². The number of rotatable bonds is 5. The molecule has 1 atom stereocenters. The van der Waals surface area contributed by atoms with E-state index >= 15 is 0 Å². The Bertz CT molecular complexity index is 1560. The number of para-hydroxylation sites is 1. The number of fused-ring (bicyclic) bond motifs is 4. The van der Waals surface area contributed by atoms with Crippen LogP contribution in [0.5, 0.6) is 0 Å². The molecule has 3 heterocycles. The average molecular weight is 471 g/mol. The largest absolute Gasteiger partial charge is 0.310 e. The maximum Gasteiger partial charge on any atom is 0.262 e. The van der Waals surface area contributed by atoms with Gasteiger partial charge in [0, 0.05) is 29.0 Å². The summed E-state index contributed by atoms with van der Waals surface area (Å²) in [5, 5.41) is 5.42. The summed E-state index contributed by atoms with van der Waals surface area (Å²) >= 11 is 1.63. The van der Waals surface area contributed by atoms with Crippen LogP contribution < -0.4 is 10.9 Å². The molecule has 1 aliphatic rings. The number of benzene rings is 2. The number of aromatic nitrogens is 3. The zero-order valence-electron chi connectivity index (χ0n) is 18.5. The Morgan fingerprint density at radius 3 is 2.82 bits per heavy atom. The van der Waals surface area contributed by atoms with E-state index in [2.05, 4.69) is 21.4 Å². The number of hydrogen-bond donors (Lipinski definition) is 1. The lowest BCUT2D eigenvalue weighted by Gasteiger charge is -2.23. The summed E-state index contributed by atoms with van der Waals surface area (Å²) in [7, 11) is 0. The van der Waals surface area contributed by atoms with E-state index in [1.165, 1.54) is 17.0 Å². The van der Waals surface area contributed by atoms with Gasteiger partial charge in [0.2, 0.25) is 0 Å². The fraction of sp³-hybridized carbons (Fsp3) is 0.222. The quantitative estimate of drug-likeness (QED) is 0.399. The van der Waals surface area contributed by atoms with Crippen molar-refractivity contribution in [2.24, 2.45) is 0 Å². The van der Waals surface area contributed by atoms with E-state index in [4.69, 9.17) is 0 Å². The molecule has 170 valence electrons. The van der Waals surface area contributed by atoms with E-state index in [9.17, 15) is 9.18 Å². The molecule has 0 spiro atoms. The van der Waals surface area contributed by atoms with Gasteiger partial charge in [0.15, 0.2) is 0 Å². The molecular weight excluding hydrogens is 447 g/mol. The zero-order chi connectivity index (χ0) is 23.1. The topological polar surface area (TPSA) is 59.8 Å². The maximum atomic E-state index is 13.4. The third kappa shape index (κ3) is 4.02. The molecule has 0 bridgehead atoms. The molecule has 5 aromatic rings. The minimum Gasteiger partial charge on any atom is -0.310 e. The molecule has 5 nitrogen and oxygen atoms in total. The molecule has 0 fully saturated rings. The molecule has 0 aliphatic heterocycles. The van der Waals surface area contributed by atoms with Crippen molar-refractivity contribution in [1.29, 1.82) is 0 Å². The zero-order valence-corrected chi connectivity index (χ0v) is 19.3. The van der Waals surface area contributed by atoms with E-state index in [0.29, 0.717) is 19.1 Å². The number of pyridine rings is 1. The Kier molecular flexibility index (Phi) is 5.43. The normalized spacial score (nSPS) is 15.6. The first kappa shape index (κ1) is 21.1. The van der Waals surface area contributed by atoms with Gasteiger partial charge in [-0.15, -0.1) is 11.3 Å². The van der Waals surface area contributed by atoms with Crippen molar-refractivity contribution in [3.05, 3.63) is 105 Å². The number of hydrogen-bond acceptors (Lipinski definition) is 5. The Morgan fingerprint density at radius 2 is 1.94 bits per heavy atom. The highest BCUT2D eigenvalue weighted by Crippen LogP contribution is 2.33. The molecule has 0 saturated heterocycles. The number of nitrogens with one attached hydrogen (secondary N) is 1. The molecule has 1 aliphatic carbocycles. The minimum atomic E-state index is -0.216. The van der Waals surface area contributed by atoms with Crippen molar-refractivity contribution in [2.45, 2.75) is 38.4 Å². The summed E-state index contributed by atoms with van der Waals surface area (Å²) in [6, 6.07) is 17.0.